The Kier molecular flexibility index (Phi) is 4.08. The molecule has 0 saturated heterocycles. The first-order valence-corrected chi connectivity index (χ1v) is 6.00. The molecule has 0 aromatic heterocycles. The molecule has 2 aromatic rings. The third-order valence-electron chi connectivity index (χ3n) is 2.75. The van der Waals surface area contributed by atoms with E-state index in [1.807, 2.05) is 0 Å². The van der Waals surface area contributed by atoms with Gasteiger partial charge in [0.1, 0.15) is 22.8 Å². The van der Waals surface area contributed by atoms with Crippen molar-refractivity contribution in [3.8, 4) is 17.2 Å². The van der Waals surface area contributed by atoms with Crippen LogP contribution >= 0.6 is 0 Å². The van der Waals surface area contributed by atoms with Gasteiger partial charge in [0, 0.05) is 11.6 Å². The van der Waals surface area contributed by atoms with Gasteiger partial charge in [-0.1, -0.05) is 12.1 Å². The molecule has 0 spiro atoms. The second kappa shape index (κ2) is 5.96. The highest BCUT2D eigenvalue weighted by Gasteiger charge is 2.13. The molecule has 0 unspecified atom stereocenters. The highest BCUT2D eigenvalue weighted by molar-refractivity contribution is 5.94. The molecular weight excluding hydrogens is 274 g/mol. The topological polar surface area (TPSA) is 98.8 Å². The third kappa shape index (κ3) is 3.30. The number of carbonyl (C=O) groups excluding carboxylic acids is 1. The lowest BCUT2D eigenvalue weighted by molar-refractivity contribution is 0.0694. The summed E-state index contributed by atoms with van der Waals surface area (Å²) in [6.45, 7) is 0. The number of methoxy groups -OCH3 is 1. The molecule has 0 aliphatic carbocycles. The van der Waals surface area contributed by atoms with E-state index in [1.54, 1.807) is 12.1 Å². The molecule has 2 rings (SSSR count). The molecule has 0 fully saturated rings. The van der Waals surface area contributed by atoms with E-state index in [1.165, 1.54) is 37.4 Å². The molecule has 3 N–H and O–H groups in total. The minimum absolute atomic E-state index is 0.0148. The molecule has 6 heteroatoms. The largest absolute Gasteiger partial charge is 0.497 e. The summed E-state index contributed by atoms with van der Waals surface area (Å²) in [5.74, 6) is -0.937. The molecular formula is C15H13NO5. The molecule has 21 heavy (non-hydrogen) atoms. The van der Waals surface area contributed by atoms with Crippen molar-refractivity contribution in [1.29, 1.82) is 0 Å². The smallest absolute Gasteiger partial charge is 0.339 e. The number of primary amides is 1. The lowest BCUT2D eigenvalue weighted by Gasteiger charge is -2.11. The Morgan fingerprint density at radius 2 is 1.76 bits per heavy atom. The molecule has 0 bridgehead atoms. The highest BCUT2D eigenvalue weighted by atomic mass is 16.5. The van der Waals surface area contributed by atoms with Crippen LogP contribution in [0.2, 0.25) is 0 Å². The van der Waals surface area contributed by atoms with Crippen LogP contribution in [0.15, 0.2) is 42.5 Å². The minimum Gasteiger partial charge on any atom is -0.497 e. The Bertz CT molecular complexity index is 696. The first-order chi connectivity index (χ1) is 10.0. The molecule has 0 atom stereocenters. The second-order valence-corrected chi connectivity index (χ2v) is 4.16. The summed E-state index contributed by atoms with van der Waals surface area (Å²) in [5.41, 5.74) is 5.45. The number of benzene rings is 2. The van der Waals surface area contributed by atoms with Gasteiger partial charge in [-0.2, -0.15) is 0 Å². The first-order valence-electron chi connectivity index (χ1n) is 6.00. The van der Waals surface area contributed by atoms with Crippen LogP contribution in [-0.2, 0) is 0 Å². The molecule has 108 valence electrons. The number of carbonyl (C=O) groups is 2. The summed E-state index contributed by atoms with van der Waals surface area (Å²) < 4.78 is 10.6. The number of carboxylic acids is 1. The Labute approximate surface area is 120 Å². The van der Waals surface area contributed by atoms with Crippen LogP contribution in [0.4, 0.5) is 0 Å². The van der Waals surface area contributed by atoms with E-state index in [-0.39, 0.29) is 22.6 Å². The normalized spacial score (nSPS) is 9.95. The van der Waals surface area contributed by atoms with E-state index in [0.29, 0.717) is 5.75 Å². The van der Waals surface area contributed by atoms with Crippen molar-refractivity contribution in [1.82, 2.24) is 0 Å². The van der Waals surface area contributed by atoms with E-state index >= 15 is 0 Å². The maximum atomic E-state index is 11.3. The van der Waals surface area contributed by atoms with E-state index in [4.69, 9.17) is 20.3 Å². The number of hydrogen-bond donors (Lipinski definition) is 2. The zero-order chi connectivity index (χ0) is 15.4. The van der Waals surface area contributed by atoms with E-state index in [0.717, 1.165) is 0 Å². The number of rotatable bonds is 5. The average molecular weight is 287 g/mol. The van der Waals surface area contributed by atoms with Crippen LogP contribution < -0.4 is 15.2 Å². The summed E-state index contributed by atoms with van der Waals surface area (Å²) in [7, 11) is 1.44. The zero-order valence-corrected chi connectivity index (χ0v) is 11.2. The van der Waals surface area contributed by atoms with Gasteiger partial charge in [0.2, 0.25) is 5.91 Å². The summed E-state index contributed by atoms with van der Waals surface area (Å²) in [6.07, 6.45) is 0. The monoisotopic (exact) mass is 287 g/mol. The van der Waals surface area contributed by atoms with Crippen LogP contribution in [0.5, 0.6) is 17.2 Å². The van der Waals surface area contributed by atoms with Crippen LogP contribution in [-0.4, -0.2) is 24.1 Å². The van der Waals surface area contributed by atoms with Gasteiger partial charge in [-0.3, -0.25) is 4.79 Å². The number of aromatic carboxylic acids is 1. The minimum atomic E-state index is -1.11. The quantitative estimate of drug-likeness (QED) is 0.879. The van der Waals surface area contributed by atoms with Gasteiger partial charge in [-0.05, 0) is 24.3 Å². The highest BCUT2D eigenvalue weighted by Crippen LogP contribution is 2.29. The number of ether oxygens (including phenoxy) is 2. The Morgan fingerprint density at radius 1 is 1.10 bits per heavy atom. The molecule has 6 nitrogen and oxygen atoms in total. The Hall–Kier alpha value is -3.02. The first kappa shape index (κ1) is 14.4. The number of para-hydroxylation sites is 1. The van der Waals surface area contributed by atoms with Crippen LogP contribution in [0.1, 0.15) is 20.7 Å². The fraction of sp³-hybridized carbons (Fsp3) is 0.0667. The summed E-state index contributed by atoms with van der Waals surface area (Å²) in [4.78, 5) is 22.4. The van der Waals surface area contributed by atoms with Crippen LogP contribution in [0, 0.1) is 0 Å². The number of carboxylic acid groups (broad SMARTS) is 1. The van der Waals surface area contributed by atoms with Crippen molar-refractivity contribution in [3.05, 3.63) is 53.6 Å². The van der Waals surface area contributed by atoms with Gasteiger partial charge in [0.15, 0.2) is 0 Å². The maximum Gasteiger partial charge on any atom is 0.339 e. The molecule has 0 radical (unpaired) electrons. The fourth-order valence-corrected chi connectivity index (χ4v) is 1.75. The predicted molar refractivity (Wildman–Crippen MR) is 75.0 cm³/mol. The van der Waals surface area contributed by atoms with E-state index in [9.17, 15) is 9.59 Å². The van der Waals surface area contributed by atoms with Crippen molar-refractivity contribution in [2.75, 3.05) is 7.11 Å². The van der Waals surface area contributed by atoms with Crippen LogP contribution in [0.3, 0.4) is 0 Å². The van der Waals surface area contributed by atoms with Crippen molar-refractivity contribution < 1.29 is 24.2 Å². The molecule has 0 heterocycles. The molecule has 2 aromatic carbocycles. The summed E-state index contributed by atoms with van der Waals surface area (Å²) >= 11 is 0. The maximum absolute atomic E-state index is 11.3. The van der Waals surface area contributed by atoms with Gasteiger partial charge in [-0.25, -0.2) is 4.79 Å². The third-order valence-corrected chi connectivity index (χ3v) is 2.75. The average Bonchev–Trinajstić information content (AvgIpc) is 2.47. The Balaban J connectivity index is 2.42. The van der Waals surface area contributed by atoms with Crippen molar-refractivity contribution in [2.24, 2.45) is 5.73 Å². The van der Waals surface area contributed by atoms with E-state index < -0.39 is 11.9 Å². The van der Waals surface area contributed by atoms with E-state index in [2.05, 4.69) is 0 Å². The molecule has 0 saturated carbocycles. The van der Waals surface area contributed by atoms with Gasteiger partial charge >= 0.3 is 5.97 Å². The fourth-order valence-electron chi connectivity index (χ4n) is 1.75. The lowest BCUT2D eigenvalue weighted by atomic mass is 10.2. The second-order valence-electron chi connectivity index (χ2n) is 4.16. The summed E-state index contributed by atoms with van der Waals surface area (Å²) in [5, 5.41) is 9.11. The molecule has 1 amide bonds. The van der Waals surface area contributed by atoms with Gasteiger partial charge in [-0.15, -0.1) is 0 Å². The van der Waals surface area contributed by atoms with Crippen LogP contribution in [0.25, 0.3) is 0 Å². The number of amides is 1. The van der Waals surface area contributed by atoms with Crippen molar-refractivity contribution >= 4 is 11.9 Å². The standard InChI is InChI=1S/C15H13NO5/c1-20-10-6-9(14(16)17)7-11(8-10)21-13-5-3-2-4-12(13)15(18)19/h2-8H,1H3,(H2,16,17)(H,18,19). The summed E-state index contributed by atoms with van der Waals surface area (Å²) in [6, 6.07) is 10.6. The van der Waals surface area contributed by atoms with Crippen molar-refractivity contribution in [2.45, 2.75) is 0 Å². The number of hydrogen-bond acceptors (Lipinski definition) is 4. The van der Waals surface area contributed by atoms with Gasteiger partial charge in [0.05, 0.1) is 7.11 Å². The van der Waals surface area contributed by atoms with Gasteiger partial charge < -0.3 is 20.3 Å². The molecule has 0 aliphatic heterocycles. The molecule has 0 aliphatic rings. The SMILES string of the molecule is COc1cc(Oc2ccccc2C(=O)O)cc(C(N)=O)c1. The van der Waals surface area contributed by atoms with Crippen molar-refractivity contribution in [3.63, 3.8) is 0 Å². The lowest BCUT2D eigenvalue weighted by Crippen LogP contribution is -2.11. The zero-order valence-electron chi connectivity index (χ0n) is 11.2. The predicted octanol–water partition coefficient (Wildman–Crippen LogP) is 2.28. The number of nitrogens with two attached hydrogens (primary N) is 1. The Morgan fingerprint density at radius 3 is 2.38 bits per heavy atom. The van der Waals surface area contributed by atoms with Gasteiger partial charge in [0.25, 0.3) is 0 Å².